The third-order valence-electron chi connectivity index (χ3n) is 10.1. The van der Waals surface area contributed by atoms with E-state index in [9.17, 15) is 9.90 Å². The van der Waals surface area contributed by atoms with Gasteiger partial charge >= 0.3 is 0 Å². The molecule has 2 aliphatic rings. The maximum atomic E-state index is 12.3. The first kappa shape index (κ1) is 29.0. The van der Waals surface area contributed by atoms with Crippen LogP contribution in [0.15, 0.2) is 11.1 Å². The number of aldehydes is 1. The molecule has 1 fully saturated rings. The molecule has 2 rings (SSSR count). The van der Waals surface area contributed by atoms with Gasteiger partial charge in [0, 0.05) is 12.0 Å². The lowest BCUT2D eigenvalue weighted by Gasteiger charge is -2.60. The number of fused-ring (bicyclic) bond motifs is 1. The number of rotatable bonds is 6. The van der Waals surface area contributed by atoms with Gasteiger partial charge in [-0.2, -0.15) is 0 Å². The number of carbonyl (C=O) groups is 1. The fourth-order valence-corrected chi connectivity index (χ4v) is 8.02. The fraction of sp³-hybridized carbons (Fsp3) is 0.889. The minimum absolute atomic E-state index is 0.0553. The average Bonchev–Trinajstić information content (AvgIpc) is 2.64. The standard InChI is InChI=1S/C27H52O4Si2/c1-19-20(17-28)26(8)15-14-23(31-33(12,13)25(5,6)7)27(9,22(26)16-21(19)29)18-30-32(10,11)24(2,3)4/h17,21-23,29H,14-16,18H2,1-13H3/t21-,22+,23-,26+,27-/m0/s1. The maximum absolute atomic E-state index is 12.3. The normalized spacial score (nSPS) is 34.3. The second-order valence-electron chi connectivity index (χ2n) is 14.4. The summed E-state index contributed by atoms with van der Waals surface area (Å²) in [5.41, 5.74) is 1.11. The van der Waals surface area contributed by atoms with Gasteiger partial charge < -0.3 is 14.0 Å². The zero-order chi connectivity index (χ0) is 25.8. The Hall–Kier alpha value is -0.276. The predicted molar refractivity (Wildman–Crippen MR) is 144 cm³/mol. The number of allylic oxidation sites excluding steroid dienone is 1. The molecule has 0 aromatic rings. The molecule has 0 spiro atoms. The summed E-state index contributed by atoms with van der Waals surface area (Å²) in [6.45, 7) is 30.0. The smallest absolute Gasteiger partial charge is 0.192 e. The molecule has 0 saturated heterocycles. The Balaban J connectivity index is 2.57. The van der Waals surface area contributed by atoms with Crippen molar-refractivity contribution in [2.24, 2.45) is 16.7 Å². The van der Waals surface area contributed by atoms with Crippen LogP contribution in [0.25, 0.3) is 0 Å². The van der Waals surface area contributed by atoms with Gasteiger partial charge in [-0.05, 0) is 84.9 Å². The van der Waals surface area contributed by atoms with E-state index in [0.29, 0.717) is 13.0 Å². The van der Waals surface area contributed by atoms with E-state index in [-0.39, 0.29) is 32.9 Å². The molecule has 5 atom stereocenters. The van der Waals surface area contributed by atoms with Gasteiger partial charge in [0.15, 0.2) is 16.6 Å². The molecule has 0 aromatic heterocycles. The minimum Gasteiger partial charge on any atom is -0.416 e. The van der Waals surface area contributed by atoms with Gasteiger partial charge in [0.1, 0.15) is 6.29 Å². The molecule has 0 heterocycles. The van der Waals surface area contributed by atoms with E-state index >= 15 is 0 Å². The van der Waals surface area contributed by atoms with Crippen LogP contribution in [0.5, 0.6) is 0 Å². The van der Waals surface area contributed by atoms with Crippen LogP contribution in [0.3, 0.4) is 0 Å². The van der Waals surface area contributed by atoms with E-state index in [0.717, 1.165) is 30.3 Å². The Morgan fingerprint density at radius 1 is 1.03 bits per heavy atom. The molecule has 0 aromatic carbocycles. The summed E-state index contributed by atoms with van der Waals surface area (Å²) in [4.78, 5) is 12.3. The van der Waals surface area contributed by atoms with Gasteiger partial charge in [0.05, 0.1) is 12.2 Å². The molecule has 33 heavy (non-hydrogen) atoms. The van der Waals surface area contributed by atoms with Gasteiger partial charge in [-0.1, -0.05) is 55.4 Å². The highest BCUT2D eigenvalue weighted by molar-refractivity contribution is 6.74. The first-order valence-corrected chi connectivity index (χ1v) is 18.6. The number of carbonyl (C=O) groups excluding carboxylic acids is 1. The highest BCUT2D eigenvalue weighted by atomic mass is 28.4. The van der Waals surface area contributed by atoms with Crippen LogP contribution >= 0.6 is 0 Å². The van der Waals surface area contributed by atoms with Gasteiger partial charge in [-0.3, -0.25) is 4.79 Å². The Bertz CT molecular complexity index is 774. The SMILES string of the molecule is CC1=C(C=O)[C@@]2(C)CC[C@H](O[Si](C)(C)C(C)(C)C)[C@@](C)(CO[Si](C)(C)C(C)(C)C)[C@@H]2C[C@@H]1O. The summed E-state index contributed by atoms with van der Waals surface area (Å²) in [7, 11) is -4.00. The molecule has 0 aliphatic heterocycles. The molecule has 1 N–H and O–H groups in total. The molecule has 6 heteroatoms. The van der Waals surface area contributed by atoms with Crippen molar-refractivity contribution in [3.05, 3.63) is 11.1 Å². The molecular weight excluding hydrogens is 444 g/mol. The van der Waals surface area contributed by atoms with Crippen LogP contribution in [0.1, 0.15) is 81.6 Å². The maximum Gasteiger partial charge on any atom is 0.192 e. The lowest BCUT2D eigenvalue weighted by atomic mass is 9.49. The summed E-state index contributed by atoms with van der Waals surface area (Å²) in [5, 5.41) is 11.2. The van der Waals surface area contributed by atoms with E-state index < -0.39 is 22.7 Å². The minimum atomic E-state index is -2.02. The molecular formula is C27H52O4Si2. The van der Waals surface area contributed by atoms with Crippen molar-refractivity contribution in [3.63, 3.8) is 0 Å². The number of aliphatic hydroxyl groups excluding tert-OH is 1. The second-order valence-corrected chi connectivity index (χ2v) is 24.0. The van der Waals surface area contributed by atoms with Gasteiger partial charge in [0.25, 0.3) is 0 Å². The number of hydrogen-bond acceptors (Lipinski definition) is 4. The van der Waals surface area contributed by atoms with Gasteiger partial charge in [-0.25, -0.2) is 0 Å². The Labute approximate surface area is 206 Å². The van der Waals surface area contributed by atoms with Crippen molar-refractivity contribution < 1.29 is 18.8 Å². The second kappa shape index (κ2) is 8.99. The van der Waals surface area contributed by atoms with E-state index in [4.69, 9.17) is 8.85 Å². The largest absolute Gasteiger partial charge is 0.416 e. The van der Waals surface area contributed by atoms with Crippen molar-refractivity contribution in [1.82, 2.24) is 0 Å². The lowest BCUT2D eigenvalue weighted by molar-refractivity contribution is -0.130. The fourth-order valence-electron chi connectivity index (χ4n) is 5.47. The van der Waals surface area contributed by atoms with Crippen molar-refractivity contribution in [2.45, 2.75) is 130 Å². The molecule has 0 unspecified atom stereocenters. The first-order valence-electron chi connectivity index (χ1n) is 12.8. The van der Waals surface area contributed by atoms with Crippen LogP contribution in [-0.4, -0.2) is 46.8 Å². The van der Waals surface area contributed by atoms with Crippen molar-refractivity contribution in [2.75, 3.05) is 6.61 Å². The summed E-state index contributed by atoms with van der Waals surface area (Å²) in [6.07, 6.45) is 2.97. The van der Waals surface area contributed by atoms with Crippen LogP contribution in [0, 0.1) is 16.7 Å². The third-order valence-corrected chi connectivity index (χ3v) is 19.1. The summed E-state index contributed by atoms with van der Waals surface area (Å²) >= 11 is 0. The first-order chi connectivity index (χ1) is 14.6. The lowest BCUT2D eigenvalue weighted by Crippen LogP contribution is -2.61. The predicted octanol–water partition coefficient (Wildman–Crippen LogP) is 7.10. The molecule has 2 aliphatic carbocycles. The summed E-state index contributed by atoms with van der Waals surface area (Å²) < 4.78 is 14.0. The quantitative estimate of drug-likeness (QED) is 0.315. The Morgan fingerprint density at radius 3 is 2.00 bits per heavy atom. The molecule has 192 valence electrons. The molecule has 0 radical (unpaired) electrons. The monoisotopic (exact) mass is 496 g/mol. The molecule has 0 amide bonds. The molecule has 1 saturated carbocycles. The average molecular weight is 497 g/mol. The third kappa shape index (κ3) is 5.16. The van der Waals surface area contributed by atoms with Crippen LogP contribution in [-0.2, 0) is 13.6 Å². The van der Waals surface area contributed by atoms with Crippen molar-refractivity contribution in [3.8, 4) is 0 Å². The zero-order valence-corrected chi connectivity index (χ0v) is 25.8. The van der Waals surface area contributed by atoms with Crippen molar-refractivity contribution >= 4 is 22.9 Å². The van der Waals surface area contributed by atoms with E-state index in [1.54, 1.807) is 0 Å². The highest BCUT2D eigenvalue weighted by Gasteiger charge is 2.60. The van der Waals surface area contributed by atoms with Gasteiger partial charge in [-0.15, -0.1) is 0 Å². The highest BCUT2D eigenvalue weighted by Crippen LogP contribution is 2.61. The number of aliphatic hydroxyl groups is 1. The summed E-state index contributed by atoms with van der Waals surface area (Å²) in [5.74, 6) is 0.122. The Morgan fingerprint density at radius 2 is 1.55 bits per heavy atom. The van der Waals surface area contributed by atoms with Crippen LogP contribution in [0.2, 0.25) is 36.3 Å². The summed E-state index contributed by atoms with van der Waals surface area (Å²) in [6, 6.07) is 0. The van der Waals surface area contributed by atoms with E-state index in [2.05, 4.69) is 81.6 Å². The molecule has 4 nitrogen and oxygen atoms in total. The number of hydrogen-bond donors (Lipinski definition) is 1. The van der Waals surface area contributed by atoms with Crippen LogP contribution in [0.4, 0.5) is 0 Å². The zero-order valence-electron chi connectivity index (χ0n) is 23.8. The van der Waals surface area contributed by atoms with Gasteiger partial charge in [0.2, 0.25) is 0 Å². The Kier molecular flexibility index (Phi) is 7.89. The van der Waals surface area contributed by atoms with E-state index in [1.165, 1.54) is 0 Å². The molecule has 0 bridgehead atoms. The van der Waals surface area contributed by atoms with Crippen molar-refractivity contribution in [1.29, 1.82) is 0 Å². The van der Waals surface area contributed by atoms with Crippen LogP contribution < -0.4 is 0 Å². The topological polar surface area (TPSA) is 55.8 Å². The van der Waals surface area contributed by atoms with E-state index in [1.807, 2.05) is 6.92 Å².